The highest BCUT2D eigenvalue weighted by Crippen LogP contribution is 2.29. The first-order chi connectivity index (χ1) is 12.6. The largest absolute Gasteiger partial charge is 0.378 e. The fourth-order valence-corrected chi connectivity index (χ4v) is 3.56. The average molecular weight is 348 g/mol. The lowest BCUT2D eigenvalue weighted by molar-refractivity contribution is 0.112. The number of aliphatic hydroxyl groups is 1. The fourth-order valence-electron chi connectivity index (χ4n) is 3.56. The third-order valence-electron chi connectivity index (χ3n) is 5.07. The molecule has 0 unspecified atom stereocenters. The molecule has 2 heterocycles. The van der Waals surface area contributed by atoms with Gasteiger partial charge >= 0.3 is 0 Å². The van der Waals surface area contributed by atoms with E-state index in [2.05, 4.69) is 39.9 Å². The fraction of sp³-hybridized carbons (Fsp3) is 0.435. The molecule has 1 aliphatic rings. The standard InChI is InChI=1S/C23H28N2O/c1-23(26,15-13-20-9-3-2-4-10-20)14-8-18-25-17-6-5-12-22(25)21-11-7-16-24-19-21/h2-4,7,9-11,16,19,22,26H,5-6,12-13,15,17-18H2,1H3/t22-,23-/m1/s1. The molecule has 3 nitrogen and oxygen atoms in total. The van der Waals surface area contributed by atoms with Gasteiger partial charge in [0.15, 0.2) is 0 Å². The number of aromatic nitrogens is 1. The molecule has 1 saturated heterocycles. The van der Waals surface area contributed by atoms with Gasteiger partial charge in [-0.05, 0) is 56.3 Å². The van der Waals surface area contributed by atoms with Gasteiger partial charge in [0.1, 0.15) is 5.60 Å². The van der Waals surface area contributed by atoms with Gasteiger partial charge in [0.2, 0.25) is 0 Å². The van der Waals surface area contributed by atoms with E-state index in [1.54, 1.807) is 0 Å². The van der Waals surface area contributed by atoms with Crippen LogP contribution in [0.25, 0.3) is 0 Å². The molecule has 0 bridgehead atoms. The average Bonchev–Trinajstić information content (AvgIpc) is 2.68. The molecule has 2 atom stereocenters. The minimum Gasteiger partial charge on any atom is -0.378 e. The molecule has 26 heavy (non-hydrogen) atoms. The van der Waals surface area contributed by atoms with Crippen molar-refractivity contribution in [3.05, 3.63) is 66.0 Å². The van der Waals surface area contributed by atoms with Crippen molar-refractivity contribution in [2.24, 2.45) is 0 Å². The summed E-state index contributed by atoms with van der Waals surface area (Å²) < 4.78 is 0. The normalized spacial score (nSPS) is 20.0. The molecule has 1 aromatic heterocycles. The Labute approximate surface area is 157 Å². The van der Waals surface area contributed by atoms with Crippen molar-refractivity contribution in [1.29, 1.82) is 0 Å². The number of benzene rings is 1. The van der Waals surface area contributed by atoms with Gasteiger partial charge in [-0.1, -0.05) is 54.7 Å². The molecule has 1 N–H and O–H groups in total. The van der Waals surface area contributed by atoms with Crippen LogP contribution in [0.15, 0.2) is 54.9 Å². The lowest BCUT2D eigenvalue weighted by Gasteiger charge is -2.34. The molecular formula is C23H28N2O. The number of pyridine rings is 1. The lowest BCUT2D eigenvalue weighted by atomic mass is 9.96. The second-order valence-corrected chi connectivity index (χ2v) is 7.33. The summed E-state index contributed by atoms with van der Waals surface area (Å²) in [6.07, 6.45) is 8.88. The Bertz CT molecular complexity index is 731. The highest BCUT2D eigenvalue weighted by molar-refractivity contribution is 5.20. The first-order valence-corrected chi connectivity index (χ1v) is 9.54. The Morgan fingerprint density at radius 3 is 2.81 bits per heavy atom. The van der Waals surface area contributed by atoms with Gasteiger partial charge in [-0.15, -0.1) is 0 Å². The molecule has 3 rings (SSSR count). The highest BCUT2D eigenvalue weighted by atomic mass is 16.3. The van der Waals surface area contributed by atoms with E-state index in [0.29, 0.717) is 19.0 Å². The van der Waals surface area contributed by atoms with Crippen molar-refractivity contribution in [3.8, 4) is 11.8 Å². The molecule has 0 spiro atoms. The van der Waals surface area contributed by atoms with Crippen LogP contribution in [0.2, 0.25) is 0 Å². The van der Waals surface area contributed by atoms with E-state index in [4.69, 9.17) is 0 Å². The zero-order valence-corrected chi connectivity index (χ0v) is 15.6. The smallest absolute Gasteiger partial charge is 0.123 e. The highest BCUT2D eigenvalue weighted by Gasteiger charge is 2.23. The molecule has 2 aromatic rings. The second-order valence-electron chi connectivity index (χ2n) is 7.33. The van der Waals surface area contributed by atoms with Gasteiger partial charge in [-0.25, -0.2) is 0 Å². The number of hydrogen-bond acceptors (Lipinski definition) is 3. The van der Waals surface area contributed by atoms with Gasteiger partial charge in [0.25, 0.3) is 0 Å². The van der Waals surface area contributed by atoms with E-state index in [0.717, 1.165) is 19.4 Å². The Morgan fingerprint density at radius 1 is 1.19 bits per heavy atom. The summed E-state index contributed by atoms with van der Waals surface area (Å²) in [6, 6.07) is 14.8. The molecular weight excluding hydrogens is 320 g/mol. The Balaban J connectivity index is 1.58. The third-order valence-corrected chi connectivity index (χ3v) is 5.07. The number of hydrogen-bond donors (Lipinski definition) is 1. The van der Waals surface area contributed by atoms with Crippen LogP contribution in [-0.2, 0) is 6.42 Å². The summed E-state index contributed by atoms with van der Waals surface area (Å²) in [5, 5.41) is 10.6. The van der Waals surface area contributed by atoms with Crippen LogP contribution in [0.5, 0.6) is 0 Å². The predicted molar refractivity (Wildman–Crippen MR) is 106 cm³/mol. The number of rotatable bonds is 5. The Hall–Kier alpha value is -2.15. The monoisotopic (exact) mass is 348 g/mol. The van der Waals surface area contributed by atoms with Crippen LogP contribution in [0.4, 0.5) is 0 Å². The summed E-state index contributed by atoms with van der Waals surface area (Å²) in [5.41, 5.74) is 1.56. The summed E-state index contributed by atoms with van der Waals surface area (Å²) in [6.45, 7) is 3.57. The van der Waals surface area contributed by atoms with E-state index in [1.165, 1.54) is 24.0 Å². The van der Waals surface area contributed by atoms with Crippen LogP contribution in [0.3, 0.4) is 0 Å². The SMILES string of the molecule is C[C@@](O)(C#CCN1CCCC[C@@H]1c1cccnc1)CCc1ccccc1. The van der Waals surface area contributed by atoms with Gasteiger partial charge < -0.3 is 5.11 Å². The molecule has 0 saturated carbocycles. The van der Waals surface area contributed by atoms with E-state index < -0.39 is 5.60 Å². The second kappa shape index (κ2) is 8.98. The third kappa shape index (κ3) is 5.42. The molecule has 3 heteroatoms. The van der Waals surface area contributed by atoms with Crippen LogP contribution in [0.1, 0.15) is 49.8 Å². The van der Waals surface area contributed by atoms with Crippen molar-refractivity contribution < 1.29 is 5.11 Å². The predicted octanol–water partition coefficient (Wildman–Crippen LogP) is 4.00. The van der Waals surface area contributed by atoms with Crippen molar-refractivity contribution in [3.63, 3.8) is 0 Å². The van der Waals surface area contributed by atoms with Crippen LogP contribution >= 0.6 is 0 Å². The first-order valence-electron chi connectivity index (χ1n) is 9.54. The maximum atomic E-state index is 10.6. The number of likely N-dealkylation sites (tertiary alicyclic amines) is 1. The van der Waals surface area contributed by atoms with Gasteiger partial charge in [0, 0.05) is 18.4 Å². The first kappa shape index (κ1) is 18.6. The lowest BCUT2D eigenvalue weighted by Crippen LogP contribution is -2.34. The molecule has 0 radical (unpaired) electrons. The van der Waals surface area contributed by atoms with E-state index in [-0.39, 0.29) is 0 Å². The number of piperidine rings is 1. The quantitative estimate of drug-likeness (QED) is 0.830. The zero-order chi connectivity index (χ0) is 18.2. The number of nitrogens with zero attached hydrogens (tertiary/aromatic N) is 2. The van der Waals surface area contributed by atoms with Crippen LogP contribution < -0.4 is 0 Å². The number of aryl methyl sites for hydroxylation is 1. The van der Waals surface area contributed by atoms with E-state index in [1.807, 2.05) is 43.6 Å². The molecule has 1 fully saturated rings. The van der Waals surface area contributed by atoms with Crippen molar-refractivity contribution in [2.45, 2.75) is 50.7 Å². The van der Waals surface area contributed by atoms with Crippen molar-refractivity contribution in [1.82, 2.24) is 9.88 Å². The maximum Gasteiger partial charge on any atom is 0.123 e. The summed E-state index contributed by atoms with van der Waals surface area (Å²) in [4.78, 5) is 6.68. The van der Waals surface area contributed by atoms with Crippen LogP contribution in [-0.4, -0.2) is 33.7 Å². The topological polar surface area (TPSA) is 36.4 Å². The van der Waals surface area contributed by atoms with Gasteiger partial charge in [-0.3, -0.25) is 9.88 Å². The van der Waals surface area contributed by atoms with Crippen molar-refractivity contribution in [2.75, 3.05) is 13.1 Å². The Morgan fingerprint density at radius 2 is 2.04 bits per heavy atom. The summed E-state index contributed by atoms with van der Waals surface area (Å²) in [7, 11) is 0. The van der Waals surface area contributed by atoms with E-state index >= 15 is 0 Å². The molecule has 1 aliphatic heterocycles. The molecule has 0 aliphatic carbocycles. The molecule has 136 valence electrons. The van der Waals surface area contributed by atoms with Crippen LogP contribution in [0, 0.1) is 11.8 Å². The minimum absolute atomic E-state index is 0.390. The van der Waals surface area contributed by atoms with E-state index in [9.17, 15) is 5.11 Å². The molecule has 1 aromatic carbocycles. The molecule has 0 amide bonds. The summed E-state index contributed by atoms with van der Waals surface area (Å²) >= 11 is 0. The summed E-state index contributed by atoms with van der Waals surface area (Å²) in [5.74, 6) is 6.33. The van der Waals surface area contributed by atoms with Gasteiger partial charge in [-0.2, -0.15) is 0 Å². The zero-order valence-electron chi connectivity index (χ0n) is 15.6. The minimum atomic E-state index is -0.949. The maximum absolute atomic E-state index is 10.6. The van der Waals surface area contributed by atoms with Crippen molar-refractivity contribution >= 4 is 0 Å². The van der Waals surface area contributed by atoms with Gasteiger partial charge in [0.05, 0.1) is 6.54 Å². The Kier molecular flexibility index (Phi) is 6.44.